The zero-order valence-electron chi connectivity index (χ0n) is 9.68. The van der Waals surface area contributed by atoms with Crippen molar-refractivity contribution in [2.45, 2.75) is 12.8 Å². The van der Waals surface area contributed by atoms with E-state index in [1.165, 1.54) is 17.5 Å². The first-order valence-corrected chi connectivity index (χ1v) is 6.38. The van der Waals surface area contributed by atoms with Gasteiger partial charge in [-0.3, -0.25) is 0 Å². The van der Waals surface area contributed by atoms with Crippen LogP contribution in [0.15, 0.2) is 18.2 Å². The number of anilines is 1. The Kier molecular flexibility index (Phi) is 3.74. The number of ether oxygens (including phenoxy) is 1. The molecule has 0 spiro atoms. The first-order chi connectivity index (χ1) is 7.88. The number of benzene rings is 1. The molecule has 0 bridgehead atoms. The molecule has 3 nitrogen and oxygen atoms in total. The number of halogens is 1. The highest BCUT2D eigenvalue weighted by molar-refractivity contribution is 7.22. The van der Waals surface area contributed by atoms with Crippen LogP contribution in [0.1, 0.15) is 12.8 Å². The van der Waals surface area contributed by atoms with Crippen LogP contribution in [0.4, 0.5) is 5.13 Å². The second kappa shape index (κ2) is 5.10. The minimum atomic E-state index is 0. The van der Waals surface area contributed by atoms with Crippen molar-refractivity contribution in [3.63, 3.8) is 0 Å². The molecule has 0 amide bonds. The van der Waals surface area contributed by atoms with Crippen molar-refractivity contribution in [2.75, 3.05) is 25.1 Å². The summed E-state index contributed by atoms with van der Waals surface area (Å²) in [7, 11) is 1.70. The Morgan fingerprint density at radius 1 is 1.29 bits per heavy atom. The van der Waals surface area contributed by atoms with Crippen molar-refractivity contribution in [2.24, 2.45) is 0 Å². The zero-order valence-corrected chi connectivity index (χ0v) is 11.3. The number of hydrogen-bond acceptors (Lipinski definition) is 4. The van der Waals surface area contributed by atoms with Crippen LogP contribution in [-0.4, -0.2) is 25.2 Å². The van der Waals surface area contributed by atoms with Crippen molar-refractivity contribution in [1.29, 1.82) is 0 Å². The number of hydrogen-bond donors (Lipinski definition) is 0. The third kappa shape index (κ3) is 2.19. The van der Waals surface area contributed by atoms with Crippen molar-refractivity contribution in [3.8, 4) is 5.75 Å². The standard InChI is InChI=1S/C12H14N2OS.ClH/c1-15-9-5-4-6-10-11(9)13-12(16-10)14-7-2-3-8-14;/h4-6H,2-3,7-8H2,1H3;1H. The van der Waals surface area contributed by atoms with Gasteiger partial charge in [0, 0.05) is 13.1 Å². The topological polar surface area (TPSA) is 25.4 Å². The van der Waals surface area contributed by atoms with Gasteiger partial charge in [0.15, 0.2) is 5.13 Å². The Balaban J connectivity index is 0.00000108. The maximum Gasteiger partial charge on any atom is 0.186 e. The van der Waals surface area contributed by atoms with E-state index in [4.69, 9.17) is 4.74 Å². The molecular weight excluding hydrogens is 256 g/mol. The monoisotopic (exact) mass is 270 g/mol. The van der Waals surface area contributed by atoms with Crippen molar-refractivity contribution >= 4 is 39.1 Å². The van der Waals surface area contributed by atoms with Crippen LogP contribution in [-0.2, 0) is 0 Å². The quantitative estimate of drug-likeness (QED) is 0.837. The van der Waals surface area contributed by atoms with E-state index < -0.39 is 0 Å². The van der Waals surface area contributed by atoms with Gasteiger partial charge >= 0.3 is 0 Å². The van der Waals surface area contributed by atoms with Crippen LogP contribution in [0.3, 0.4) is 0 Å². The predicted octanol–water partition coefficient (Wildman–Crippen LogP) is 3.33. The van der Waals surface area contributed by atoms with E-state index in [1.807, 2.05) is 12.1 Å². The lowest BCUT2D eigenvalue weighted by atomic mass is 10.3. The summed E-state index contributed by atoms with van der Waals surface area (Å²) in [6, 6.07) is 6.10. The summed E-state index contributed by atoms with van der Waals surface area (Å²) in [5, 5.41) is 1.14. The fourth-order valence-corrected chi connectivity index (χ4v) is 3.15. The zero-order chi connectivity index (χ0) is 11.0. The highest BCUT2D eigenvalue weighted by atomic mass is 35.5. The summed E-state index contributed by atoms with van der Waals surface area (Å²) in [6.07, 6.45) is 2.57. The average Bonchev–Trinajstić information content (AvgIpc) is 2.96. The summed E-state index contributed by atoms with van der Waals surface area (Å²) in [4.78, 5) is 7.05. The van der Waals surface area contributed by atoms with E-state index in [0.717, 1.165) is 29.5 Å². The van der Waals surface area contributed by atoms with E-state index in [1.54, 1.807) is 18.4 Å². The molecule has 5 heteroatoms. The third-order valence-corrected chi connectivity index (χ3v) is 4.05. The lowest BCUT2D eigenvalue weighted by Crippen LogP contribution is -2.16. The molecule has 1 saturated heterocycles. The molecule has 1 aromatic heterocycles. The maximum atomic E-state index is 5.33. The van der Waals surface area contributed by atoms with Crippen LogP contribution in [0.25, 0.3) is 10.2 Å². The van der Waals surface area contributed by atoms with Gasteiger partial charge in [0.1, 0.15) is 11.3 Å². The molecule has 0 unspecified atom stereocenters. The molecule has 3 rings (SSSR count). The maximum absolute atomic E-state index is 5.33. The van der Waals surface area contributed by atoms with Gasteiger partial charge in [-0.1, -0.05) is 17.4 Å². The molecule has 92 valence electrons. The van der Waals surface area contributed by atoms with Crippen LogP contribution in [0.2, 0.25) is 0 Å². The Hall–Kier alpha value is -1.00. The van der Waals surface area contributed by atoms with Crippen molar-refractivity contribution in [1.82, 2.24) is 4.98 Å². The van der Waals surface area contributed by atoms with Gasteiger partial charge < -0.3 is 9.64 Å². The predicted molar refractivity (Wildman–Crippen MR) is 74.9 cm³/mol. The van der Waals surface area contributed by atoms with Crippen LogP contribution in [0.5, 0.6) is 5.75 Å². The van der Waals surface area contributed by atoms with Gasteiger partial charge in [-0.15, -0.1) is 12.4 Å². The molecular formula is C12H15ClN2OS. The average molecular weight is 271 g/mol. The third-order valence-electron chi connectivity index (χ3n) is 2.97. The molecule has 0 saturated carbocycles. The molecule has 0 aliphatic carbocycles. The van der Waals surface area contributed by atoms with E-state index in [-0.39, 0.29) is 12.4 Å². The molecule has 1 aliphatic rings. The fourth-order valence-electron chi connectivity index (χ4n) is 2.12. The number of para-hydroxylation sites is 1. The minimum Gasteiger partial charge on any atom is -0.494 e. The molecule has 1 fully saturated rings. The lowest BCUT2D eigenvalue weighted by Gasteiger charge is -2.11. The molecule has 0 N–H and O–H groups in total. The normalized spacial score (nSPS) is 15.0. The molecule has 1 aromatic carbocycles. The molecule has 2 heterocycles. The van der Waals surface area contributed by atoms with Crippen molar-refractivity contribution in [3.05, 3.63) is 18.2 Å². The summed E-state index contributed by atoms with van der Waals surface area (Å²) in [6.45, 7) is 2.28. The lowest BCUT2D eigenvalue weighted by molar-refractivity contribution is 0.419. The molecule has 17 heavy (non-hydrogen) atoms. The Bertz CT molecular complexity index is 508. The summed E-state index contributed by atoms with van der Waals surface area (Å²) in [5.74, 6) is 0.874. The van der Waals surface area contributed by atoms with Gasteiger partial charge in [0.2, 0.25) is 0 Å². The fraction of sp³-hybridized carbons (Fsp3) is 0.417. The smallest absolute Gasteiger partial charge is 0.186 e. The molecule has 0 radical (unpaired) electrons. The van der Waals surface area contributed by atoms with Crippen molar-refractivity contribution < 1.29 is 4.74 Å². The SMILES string of the molecule is COc1cccc2sc(N3CCCC3)nc12.Cl. The van der Waals surface area contributed by atoms with E-state index >= 15 is 0 Å². The van der Waals surface area contributed by atoms with Gasteiger partial charge in [-0.2, -0.15) is 0 Å². The van der Waals surface area contributed by atoms with Gasteiger partial charge in [-0.05, 0) is 25.0 Å². The van der Waals surface area contributed by atoms with E-state index in [0.29, 0.717) is 0 Å². The van der Waals surface area contributed by atoms with E-state index in [2.05, 4.69) is 16.0 Å². The largest absolute Gasteiger partial charge is 0.494 e. The molecule has 0 atom stereocenters. The van der Waals surface area contributed by atoms with Gasteiger partial charge in [0.25, 0.3) is 0 Å². The van der Waals surface area contributed by atoms with Crippen LogP contribution in [0, 0.1) is 0 Å². The first kappa shape index (κ1) is 12.5. The number of methoxy groups -OCH3 is 1. The second-order valence-corrected chi connectivity index (χ2v) is 5.01. The van der Waals surface area contributed by atoms with Gasteiger partial charge in [0.05, 0.1) is 11.8 Å². The number of thiazole rings is 1. The van der Waals surface area contributed by atoms with Gasteiger partial charge in [-0.25, -0.2) is 4.98 Å². The van der Waals surface area contributed by atoms with E-state index in [9.17, 15) is 0 Å². The second-order valence-electron chi connectivity index (χ2n) is 4.00. The number of aromatic nitrogens is 1. The van der Waals surface area contributed by atoms with Crippen LogP contribution < -0.4 is 9.64 Å². The minimum absolute atomic E-state index is 0. The highest BCUT2D eigenvalue weighted by Crippen LogP contribution is 2.34. The Morgan fingerprint density at radius 3 is 2.76 bits per heavy atom. The number of nitrogens with zero attached hydrogens (tertiary/aromatic N) is 2. The number of fused-ring (bicyclic) bond motifs is 1. The number of rotatable bonds is 2. The first-order valence-electron chi connectivity index (χ1n) is 5.57. The van der Waals surface area contributed by atoms with Crippen LogP contribution >= 0.6 is 23.7 Å². The summed E-state index contributed by atoms with van der Waals surface area (Å²) < 4.78 is 6.54. The highest BCUT2D eigenvalue weighted by Gasteiger charge is 2.17. The molecule has 2 aromatic rings. The summed E-state index contributed by atoms with van der Waals surface area (Å²) >= 11 is 1.76. The Morgan fingerprint density at radius 2 is 2.06 bits per heavy atom. The summed E-state index contributed by atoms with van der Waals surface area (Å²) in [5.41, 5.74) is 0.997. The Labute approximate surface area is 111 Å². The molecule has 1 aliphatic heterocycles.